The van der Waals surface area contributed by atoms with Crippen LogP contribution in [0.25, 0.3) is 0 Å². The summed E-state index contributed by atoms with van der Waals surface area (Å²) in [6.45, 7) is -1.65. The summed E-state index contributed by atoms with van der Waals surface area (Å²) in [6.07, 6.45) is -3.31. The Hall–Kier alpha value is -1.33. The summed E-state index contributed by atoms with van der Waals surface area (Å²) in [5.41, 5.74) is 5.71. The van der Waals surface area contributed by atoms with Crippen molar-refractivity contribution in [2.24, 2.45) is 12.8 Å². The Morgan fingerprint density at radius 3 is 2.61 bits per heavy atom. The molecule has 0 unspecified atom stereocenters. The molecule has 1 rings (SSSR count). The Morgan fingerprint density at radius 1 is 1.50 bits per heavy atom. The first kappa shape index (κ1) is 14.7. The summed E-state index contributed by atoms with van der Waals surface area (Å²) in [5, 5.41) is 3.74. The molecular weight excluding hydrogens is 275 g/mol. The van der Waals surface area contributed by atoms with Crippen molar-refractivity contribution >= 4 is 16.0 Å². The number of alkyl halides is 3. The second-order valence-corrected chi connectivity index (χ2v) is 4.89. The summed E-state index contributed by atoms with van der Waals surface area (Å²) in [6, 6.07) is 0. The van der Waals surface area contributed by atoms with Gasteiger partial charge >= 0.3 is 16.4 Å². The minimum absolute atomic E-state index is 0.00492. The van der Waals surface area contributed by atoms with E-state index in [9.17, 15) is 21.6 Å². The summed E-state index contributed by atoms with van der Waals surface area (Å²) < 4.78 is 62.9. The lowest BCUT2D eigenvalue weighted by molar-refractivity contribution is -0.121. The van der Waals surface area contributed by atoms with Crippen molar-refractivity contribution in [3.8, 4) is 0 Å². The highest BCUT2D eigenvalue weighted by Crippen LogP contribution is 2.16. The van der Waals surface area contributed by atoms with Crippen LogP contribution in [0.2, 0.25) is 0 Å². The van der Waals surface area contributed by atoms with Crippen molar-refractivity contribution in [2.45, 2.75) is 12.7 Å². The predicted molar refractivity (Wildman–Crippen MR) is 57.7 cm³/mol. The van der Waals surface area contributed by atoms with E-state index < -0.39 is 22.9 Å². The molecule has 0 fully saturated rings. The lowest BCUT2D eigenvalue weighted by Crippen LogP contribution is -2.38. The van der Waals surface area contributed by atoms with E-state index in [0.29, 0.717) is 5.56 Å². The zero-order valence-electron chi connectivity index (χ0n) is 9.32. The molecule has 0 bridgehead atoms. The molecule has 0 atom stereocenters. The zero-order valence-corrected chi connectivity index (χ0v) is 10.1. The maximum atomic E-state index is 11.9. The fraction of sp³-hybridized carbons (Fsp3) is 0.571. The molecule has 7 nitrogen and oxygen atoms in total. The lowest BCUT2D eigenvalue weighted by Gasteiger charge is -2.12. The second kappa shape index (κ2) is 5.12. The van der Waals surface area contributed by atoms with Gasteiger partial charge in [-0.3, -0.25) is 9.40 Å². The first-order valence-corrected chi connectivity index (χ1v) is 6.18. The number of anilines is 1. The SMILES string of the molecule is Cn1ncc(CN)c1NS(=O)(=O)NCC(F)(F)F. The molecule has 0 aliphatic carbocycles. The first-order chi connectivity index (χ1) is 8.14. The number of nitrogens with one attached hydrogen (secondary N) is 2. The van der Waals surface area contributed by atoms with Crippen LogP contribution in [0, 0.1) is 0 Å². The number of aromatic nitrogens is 2. The van der Waals surface area contributed by atoms with Gasteiger partial charge in [0.05, 0.1) is 6.20 Å². The number of halogens is 3. The van der Waals surface area contributed by atoms with Gasteiger partial charge in [0, 0.05) is 19.2 Å². The van der Waals surface area contributed by atoms with Gasteiger partial charge in [0.25, 0.3) is 0 Å². The maximum absolute atomic E-state index is 11.9. The third-order valence-electron chi connectivity index (χ3n) is 1.93. The fourth-order valence-electron chi connectivity index (χ4n) is 1.10. The highest BCUT2D eigenvalue weighted by atomic mass is 32.2. The predicted octanol–water partition coefficient (Wildman–Crippen LogP) is -0.313. The summed E-state index contributed by atoms with van der Waals surface area (Å²) in [4.78, 5) is 0. The largest absolute Gasteiger partial charge is 0.402 e. The molecule has 0 saturated carbocycles. The number of nitrogens with two attached hydrogens (primary N) is 1. The minimum Gasteiger partial charge on any atom is -0.326 e. The highest BCUT2D eigenvalue weighted by molar-refractivity contribution is 7.90. The summed E-state index contributed by atoms with van der Waals surface area (Å²) >= 11 is 0. The van der Waals surface area contributed by atoms with Crippen LogP contribution in [0.3, 0.4) is 0 Å². The number of hydrogen-bond donors (Lipinski definition) is 3. The Labute approximate surface area is 101 Å². The molecule has 104 valence electrons. The van der Waals surface area contributed by atoms with Crippen LogP contribution in [0.4, 0.5) is 19.0 Å². The topological polar surface area (TPSA) is 102 Å². The average Bonchev–Trinajstić information content (AvgIpc) is 2.56. The average molecular weight is 287 g/mol. The minimum atomic E-state index is -4.63. The van der Waals surface area contributed by atoms with E-state index >= 15 is 0 Å². The Morgan fingerprint density at radius 2 is 2.11 bits per heavy atom. The van der Waals surface area contributed by atoms with Gasteiger partial charge in [0.15, 0.2) is 0 Å². The van der Waals surface area contributed by atoms with Gasteiger partial charge in [-0.2, -0.15) is 31.4 Å². The van der Waals surface area contributed by atoms with Gasteiger partial charge in [-0.1, -0.05) is 0 Å². The molecule has 0 saturated heterocycles. The summed E-state index contributed by atoms with van der Waals surface area (Å²) in [7, 11) is -2.90. The van der Waals surface area contributed by atoms with Crippen molar-refractivity contribution in [3.63, 3.8) is 0 Å². The normalized spacial score (nSPS) is 12.7. The van der Waals surface area contributed by atoms with Crippen LogP contribution in [0.5, 0.6) is 0 Å². The van der Waals surface area contributed by atoms with E-state index in [2.05, 4.69) is 5.10 Å². The number of hydrogen-bond acceptors (Lipinski definition) is 4. The molecule has 0 aliphatic heterocycles. The second-order valence-electron chi connectivity index (χ2n) is 3.39. The molecular formula is C7H12F3N5O2S. The molecule has 0 radical (unpaired) electrons. The van der Waals surface area contributed by atoms with Crippen LogP contribution in [0.1, 0.15) is 5.56 Å². The van der Waals surface area contributed by atoms with Gasteiger partial charge in [0.2, 0.25) is 0 Å². The van der Waals surface area contributed by atoms with Gasteiger partial charge in [-0.25, -0.2) is 0 Å². The smallest absolute Gasteiger partial charge is 0.326 e. The molecule has 0 aromatic carbocycles. The van der Waals surface area contributed by atoms with Crippen LogP contribution < -0.4 is 15.2 Å². The van der Waals surface area contributed by atoms with E-state index in [1.165, 1.54) is 18.0 Å². The van der Waals surface area contributed by atoms with Crippen molar-refractivity contribution in [2.75, 3.05) is 11.3 Å². The van der Waals surface area contributed by atoms with E-state index in [4.69, 9.17) is 5.73 Å². The van der Waals surface area contributed by atoms with E-state index in [0.717, 1.165) is 4.68 Å². The molecule has 0 amide bonds. The van der Waals surface area contributed by atoms with Gasteiger partial charge in [0.1, 0.15) is 12.4 Å². The molecule has 11 heteroatoms. The Bertz CT molecular complexity index is 510. The molecule has 1 heterocycles. The fourth-order valence-corrected chi connectivity index (χ4v) is 2.05. The van der Waals surface area contributed by atoms with E-state index in [1.54, 1.807) is 0 Å². The Balaban J connectivity index is 2.80. The van der Waals surface area contributed by atoms with Crippen LogP contribution in [0.15, 0.2) is 6.20 Å². The zero-order chi connectivity index (χ0) is 14.0. The molecule has 1 aromatic heterocycles. The lowest BCUT2D eigenvalue weighted by atomic mass is 10.3. The molecule has 4 N–H and O–H groups in total. The molecule has 0 spiro atoms. The Kier molecular flexibility index (Phi) is 4.19. The first-order valence-electron chi connectivity index (χ1n) is 4.70. The number of rotatable bonds is 5. The third kappa shape index (κ3) is 4.16. The molecule has 1 aromatic rings. The number of aryl methyl sites for hydroxylation is 1. The van der Waals surface area contributed by atoms with Crippen LogP contribution in [-0.4, -0.2) is 30.9 Å². The van der Waals surface area contributed by atoms with Crippen molar-refractivity contribution in [1.82, 2.24) is 14.5 Å². The maximum Gasteiger partial charge on any atom is 0.402 e. The quantitative estimate of drug-likeness (QED) is 0.691. The van der Waals surface area contributed by atoms with Crippen LogP contribution >= 0.6 is 0 Å². The van der Waals surface area contributed by atoms with Crippen molar-refractivity contribution in [3.05, 3.63) is 11.8 Å². The molecule has 0 aliphatic rings. The summed E-state index contributed by atoms with van der Waals surface area (Å²) in [5.74, 6) is 0.0205. The number of nitrogens with zero attached hydrogens (tertiary/aromatic N) is 2. The van der Waals surface area contributed by atoms with E-state index in [1.807, 2.05) is 4.72 Å². The third-order valence-corrected chi connectivity index (χ3v) is 2.91. The van der Waals surface area contributed by atoms with Gasteiger partial charge < -0.3 is 5.73 Å². The standard InChI is InChI=1S/C7H12F3N5O2S/c1-15-6(5(2-11)3-12-15)14-18(16,17)13-4-7(8,9)10/h3,13-14H,2,4,11H2,1H3. The van der Waals surface area contributed by atoms with Crippen molar-refractivity contribution < 1.29 is 21.6 Å². The van der Waals surface area contributed by atoms with Crippen molar-refractivity contribution in [1.29, 1.82) is 0 Å². The van der Waals surface area contributed by atoms with Gasteiger partial charge in [-0.15, -0.1) is 0 Å². The highest BCUT2D eigenvalue weighted by Gasteiger charge is 2.29. The van der Waals surface area contributed by atoms with E-state index in [-0.39, 0.29) is 12.4 Å². The monoisotopic (exact) mass is 287 g/mol. The van der Waals surface area contributed by atoms with Crippen LogP contribution in [-0.2, 0) is 23.8 Å². The van der Waals surface area contributed by atoms with Gasteiger partial charge in [-0.05, 0) is 0 Å². The molecule has 18 heavy (non-hydrogen) atoms.